The van der Waals surface area contributed by atoms with Crippen molar-refractivity contribution in [2.24, 2.45) is 5.92 Å². The molecule has 176 valence electrons. The van der Waals surface area contributed by atoms with Gasteiger partial charge in [-0.3, -0.25) is 9.59 Å². The fraction of sp³-hybridized carbons (Fsp3) is 0.429. The molecular weight excluding hydrogens is 431 g/mol. The summed E-state index contributed by atoms with van der Waals surface area (Å²) >= 11 is 0. The maximum atomic E-state index is 13.2. The summed E-state index contributed by atoms with van der Waals surface area (Å²) in [5.74, 6) is 6.40. The molecule has 1 saturated carbocycles. The molecule has 6 heteroatoms. The minimum absolute atomic E-state index is 0.0363. The maximum Gasteiger partial charge on any atom is 0.254 e. The van der Waals surface area contributed by atoms with E-state index in [0.717, 1.165) is 23.5 Å². The van der Waals surface area contributed by atoms with Crippen molar-refractivity contribution >= 4 is 11.8 Å². The molecule has 1 aliphatic carbocycles. The van der Waals surface area contributed by atoms with Crippen LogP contribution in [0.1, 0.15) is 59.5 Å². The second-order valence-electron chi connectivity index (χ2n) is 9.62. The molecule has 2 aromatic rings. The summed E-state index contributed by atoms with van der Waals surface area (Å²) in [6.45, 7) is 0.222. The topological polar surface area (TPSA) is 60.9 Å². The molecule has 5 rings (SSSR count). The Kier molecular flexibility index (Phi) is 6.38. The van der Waals surface area contributed by atoms with Crippen LogP contribution < -0.4 is 0 Å². The minimum atomic E-state index is -0.408. The first-order valence-corrected chi connectivity index (χ1v) is 12.1. The van der Waals surface area contributed by atoms with Gasteiger partial charge in [0.15, 0.2) is 0 Å². The van der Waals surface area contributed by atoms with Crippen molar-refractivity contribution in [3.8, 4) is 11.8 Å². The fourth-order valence-corrected chi connectivity index (χ4v) is 5.73. The standard InChI is InChI=1S/C28H29FN2O3/c29-23-14-12-22(13-15-23)28(34)30-16-24-27(25(18-32)31(24)26(33)17-30)21-10-8-20(9-11-21)7-3-6-19-4-1-2-5-19/h8-15,19,24-25,27,32H,1-2,4-6,16-18H2/t24-,25+,27+/m0/s1. The van der Waals surface area contributed by atoms with Crippen LogP contribution in [-0.4, -0.2) is 58.5 Å². The predicted molar refractivity (Wildman–Crippen MR) is 126 cm³/mol. The third-order valence-corrected chi connectivity index (χ3v) is 7.52. The van der Waals surface area contributed by atoms with Gasteiger partial charge < -0.3 is 14.9 Å². The number of fused-ring (bicyclic) bond motifs is 1. The van der Waals surface area contributed by atoms with Crippen molar-refractivity contribution in [3.63, 3.8) is 0 Å². The fourth-order valence-electron chi connectivity index (χ4n) is 5.73. The van der Waals surface area contributed by atoms with E-state index in [2.05, 4.69) is 11.8 Å². The van der Waals surface area contributed by atoms with Gasteiger partial charge in [0.05, 0.1) is 18.7 Å². The van der Waals surface area contributed by atoms with Crippen LogP contribution in [0, 0.1) is 23.6 Å². The molecule has 0 radical (unpaired) electrons. The molecule has 1 N–H and O–H groups in total. The Morgan fingerprint density at radius 3 is 2.44 bits per heavy atom. The van der Waals surface area contributed by atoms with E-state index in [0.29, 0.717) is 12.1 Å². The average molecular weight is 461 g/mol. The molecular formula is C28H29FN2O3. The van der Waals surface area contributed by atoms with Gasteiger partial charge in [0.1, 0.15) is 12.4 Å². The molecule has 2 amide bonds. The molecule has 2 saturated heterocycles. The van der Waals surface area contributed by atoms with Crippen molar-refractivity contribution in [1.29, 1.82) is 0 Å². The van der Waals surface area contributed by atoms with Crippen molar-refractivity contribution in [1.82, 2.24) is 9.80 Å². The minimum Gasteiger partial charge on any atom is -0.394 e. The van der Waals surface area contributed by atoms with Crippen molar-refractivity contribution in [2.75, 3.05) is 19.7 Å². The second-order valence-corrected chi connectivity index (χ2v) is 9.62. The smallest absolute Gasteiger partial charge is 0.254 e. The van der Waals surface area contributed by atoms with E-state index in [1.165, 1.54) is 54.8 Å². The Bertz CT molecular complexity index is 1110. The molecule has 34 heavy (non-hydrogen) atoms. The van der Waals surface area contributed by atoms with Crippen molar-refractivity contribution in [2.45, 2.75) is 50.1 Å². The molecule has 0 bridgehead atoms. The number of aliphatic hydroxyl groups is 1. The quantitative estimate of drug-likeness (QED) is 0.710. The lowest BCUT2D eigenvalue weighted by atomic mass is 9.73. The van der Waals surface area contributed by atoms with Gasteiger partial charge in [-0.2, -0.15) is 0 Å². The maximum absolute atomic E-state index is 13.2. The zero-order chi connectivity index (χ0) is 23.7. The first kappa shape index (κ1) is 22.6. The largest absolute Gasteiger partial charge is 0.394 e. The first-order valence-electron chi connectivity index (χ1n) is 12.1. The van der Waals surface area contributed by atoms with Gasteiger partial charge in [-0.1, -0.05) is 36.8 Å². The molecule has 3 aliphatic rings. The molecule has 0 spiro atoms. The van der Waals surface area contributed by atoms with E-state index in [1.54, 1.807) is 4.90 Å². The lowest BCUT2D eigenvalue weighted by Gasteiger charge is -2.58. The normalized spacial score (nSPS) is 24.3. The number of carbonyl (C=O) groups excluding carboxylic acids is 2. The summed E-state index contributed by atoms with van der Waals surface area (Å²) in [5, 5.41) is 10.00. The molecule has 0 aromatic heterocycles. The van der Waals surface area contributed by atoms with Gasteiger partial charge in [0, 0.05) is 30.0 Å². The van der Waals surface area contributed by atoms with Crippen LogP contribution >= 0.6 is 0 Å². The Balaban J connectivity index is 1.29. The first-order chi connectivity index (χ1) is 16.5. The van der Waals surface area contributed by atoms with Crippen molar-refractivity contribution < 1.29 is 19.1 Å². The number of benzene rings is 2. The molecule has 3 atom stereocenters. The SMILES string of the molecule is O=C(c1ccc(F)cc1)N1CC(=O)N2[C@H](CO)[C@H](c3ccc(C#CCC4CCCC4)cc3)[C@@H]2C1. The summed E-state index contributed by atoms with van der Waals surface area (Å²) in [5.41, 5.74) is 2.36. The Labute approximate surface area is 199 Å². The van der Waals surface area contributed by atoms with Crippen molar-refractivity contribution in [3.05, 3.63) is 71.0 Å². The number of piperazine rings is 1. The Morgan fingerprint density at radius 2 is 1.76 bits per heavy atom. The lowest BCUT2D eigenvalue weighted by molar-refractivity contribution is -0.159. The van der Waals surface area contributed by atoms with Gasteiger partial charge in [0.2, 0.25) is 5.91 Å². The van der Waals surface area contributed by atoms with Crippen LogP contribution in [-0.2, 0) is 4.79 Å². The molecule has 2 aromatic carbocycles. The number of halogens is 1. The highest BCUT2D eigenvalue weighted by Gasteiger charge is 2.54. The summed E-state index contributed by atoms with van der Waals surface area (Å²) in [7, 11) is 0. The van der Waals surface area contributed by atoms with Crippen LogP contribution in [0.3, 0.4) is 0 Å². The monoisotopic (exact) mass is 460 g/mol. The number of rotatable bonds is 4. The Morgan fingerprint density at radius 1 is 1.06 bits per heavy atom. The number of nitrogens with zero attached hydrogens (tertiary/aromatic N) is 2. The summed E-state index contributed by atoms with van der Waals surface area (Å²) < 4.78 is 13.2. The summed E-state index contributed by atoms with van der Waals surface area (Å²) in [4.78, 5) is 29.0. The van der Waals surface area contributed by atoms with E-state index in [4.69, 9.17) is 0 Å². The van der Waals surface area contributed by atoms with Crippen LogP contribution in [0.2, 0.25) is 0 Å². The van der Waals surface area contributed by atoms with E-state index in [-0.39, 0.29) is 43.0 Å². The zero-order valence-corrected chi connectivity index (χ0v) is 19.1. The molecule has 3 fully saturated rings. The number of carbonyl (C=O) groups is 2. The predicted octanol–water partition coefficient (Wildman–Crippen LogP) is 3.57. The van der Waals surface area contributed by atoms with Gasteiger partial charge in [-0.25, -0.2) is 4.39 Å². The average Bonchev–Trinajstić information content (AvgIpc) is 3.35. The van der Waals surface area contributed by atoms with E-state index in [9.17, 15) is 19.1 Å². The van der Waals surface area contributed by atoms with Gasteiger partial charge in [0.25, 0.3) is 5.91 Å². The molecule has 2 heterocycles. The summed E-state index contributed by atoms with van der Waals surface area (Å²) in [6, 6.07) is 12.9. The van der Waals surface area contributed by atoms with Gasteiger partial charge in [-0.05, 0) is 60.7 Å². The highest BCUT2D eigenvalue weighted by atomic mass is 19.1. The van der Waals surface area contributed by atoms with Crippen LogP contribution in [0.15, 0.2) is 48.5 Å². The lowest BCUT2D eigenvalue weighted by Crippen LogP contribution is -2.73. The van der Waals surface area contributed by atoms with E-state index < -0.39 is 5.82 Å². The van der Waals surface area contributed by atoms with E-state index >= 15 is 0 Å². The molecule has 2 aliphatic heterocycles. The van der Waals surface area contributed by atoms with Crippen LogP contribution in [0.25, 0.3) is 0 Å². The van der Waals surface area contributed by atoms with Crippen LogP contribution in [0.5, 0.6) is 0 Å². The number of amides is 2. The third kappa shape index (κ3) is 4.33. The highest BCUT2D eigenvalue weighted by Crippen LogP contribution is 2.43. The third-order valence-electron chi connectivity index (χ3n) is 7.52. The van der Waals surface area contributed by atoms with Gasteiger partial charge in [-0.15, -0.1) is 0 Å². The highest BCUT2D eigenvalue weighted by molar-refractivity contribution is 5.97. The second kappa shape index (κ2) is 9.60. The van der Waals surface area contributed by atoms with Gasteiger partial charge >= 0.3 is 0 Å². The van der Waals surface area contributed by atoms with E-state index in [1.807, 2.05) is 24.3 Å². The number of hydrogen-bond acceptors (Lipinski definition) is 3. The molecule has 0 unspecified atom stereocenters. The number of aliphatic hydroxyl groups excluding tert-OH is 1. The summed E-state index contributed by atoms with van der Waals surface area (Å²) in [6.07, 6.45) is 6.17. The number of hydrogen-bond donors (Lipinski definition) is 1. The zero-order valence-electron chi connectivity index (χ0n) is 19.1. The Hall–Kier alpha value is -3.17. The van der Waals surface area contributed by atoms with Crippen LogP contribution in [0.4, 0.5) is 4.39 Å². The molecule has 5 nitrogen and oxygen atoms in total.